The van der Waals surface area contributed by atoms with Crippen LogP contribution in [-0.2, 0) is 11.3 Å². The third-order valence-electron chi connectivity index (χ3n) is 4.04. The van der Waals surface area contributed by atoms with Gasteiger partial charge in [0, 0.05) is 16.8 Å². The van der Waals surface area contributed by atoms with Crippen LogP contribution in [0.1, 0.15) is 5.89 Å². The number of halogens is 1. The van der Waals surface area contributed by atoms with E-state index in [1.807, 2.05) is 0 Å². The van der Waals surface area contributed by atoms with Crippen LogP contribution < -0.4 is 14.8 Å². The molecular weight excluding hydrogens is 396 g/mol. The number of hydrogen-bond donors (Lipinski definition) is 1. The average Bonchev–Trinajstić information content (AvgIpc) is 3.15. The lowest BCUT2D eigenvalue weighted by molar-refractivity contribution is -0.117. The second-order valence-electron chi connectivity index (χ2n) is 6.31. The van der Waals surface area contributed by atoms with Gasteiger partial charge in [-0.3, -0.25) is 9.69 Å². The van der Waals surface area contributed by atoms with Crippen molar-refractivity contribution in [1.29, 1.82) is 0 Å². The van der Waals surface area contributed by atoms with Crippen molar-refractivity contribution in [1.82, 2.24) is 15.0 Å². The molecule has 0 aliphatic rings. The normalized spacial score (nSPS) is 10.8. The van der Waals surface area contributed by atoms with Gasteiger partial charge < -0.3 is 19.3 Å². The zero-order chi connectivity index (χ0) is 20.8. The number of ether oxygens (including phenoxy) is 2. The summed E-state index contributed by atoms with van der Waals surface area (Å²) in [5, 5.41) is 7.37. The average molecular weight is 417 g/mol. The molecule has 0 saturated heterocycles. The van der Waals surface area contributed by atoms with Crippen molar-refractivity contribution in [2.45, 2.75) is 6.54 Å². The molecule has 0 bridgehead atoms. The Morgan fingerprint density at radius 3 is 2.76 bits per heavy atom. The Labute approximate surface area is 173 Å². The van der Waals surface area contributed by atoms with Crippen molar-refractivity contribution in [3.8, 4) is 22.9 Å². The van der Waals surface area contributed by atoms with E-state index in [1.165, 1.54) is 0 Å². The van der Waals surface area contributed by atoms with Gasteiger partial charge in [-0.25, -0.2) is 0 Å². The molecule has 3 aromatic rings. The maximum Gasteiger partial charge on any atom is 0.241 e. The fourth-order valence-corrected chi connectivity index (χ4v) is 2.90. The molecule has 29 heavy (non-hydrogen) atoms. The minimum absolute atomic E-state index is 0.149. The highest BCUT2D eigenvalue weighted by atomic mass is 35.5. The summed E-state index contributed by atoms with van der Waals surface area (Å²) in [6.07, 6.45) is 0. The summed E-state index contributed by atoms with van der Waals surface area (Å²) in [5.74, 6) is 1.85. The summed E-state index contributed by atoms with van der Waals surface area (Å²) in [6, 6.07) is 12.3. The van der Waals surface area contributed by atoms with Crippen LogP contribution in [0.5, 0.6) is 11.5 Å². The highest BCUT2D eigenvalue weighted by molar-refractivity contribution is 6.30. The first kappa shape index (κ1) is 20.6. The van der Waals surface area contributed by atoms with Gasteiger partial charge >= 0.3 is 0 Å². The summed E-state index contributed by atoms with van der Waals surface area (Å²) in [7, 11) is 4.93. The van der Waals surface area contributed by atoms with Gasteiger partial charge in [0.25, 0.3) is 0 Å². The molecule has 2 aromatic carbocycles. The number of rotatable bonds is 8. The van der Waals surface area contributed by atoms with Crippen LogP contribution in [0, 0.1) is 0 Å². The van der Waals surface area contributed by atoms with Crippen LogP contribution in [0.4, 0.5) is 5.69 Å². The molecule has 0 spiro atoms. The molecule has 3 rings (SSSR count). The first-order valence-electron chi connectivity index (χ1n) is 8.77. The number of anilines is 1. The summed E-state index contributed by atoms with van der Waals surface area (Å²) in [4.78, 5) is 18.4. The molecule has 0 aliphatic heterocycles. The number of methoxy groups -OCH3 is 2. The van der Waals surface area contributed by atoms with E-state index in [-0.39, 0.29) is 12.5 Å². The third kappa shape index (κ3) is 5.46. The maximum atomic E-state index is 12.2. The first-order chi connectivity index (χ1) is 14.0. The van der Waals surface area contributed by atoms with E-state index < -0.39 is 0 Å². The second-order valence-corrected chi connectivity index (χ2v) is 6.75. The number of benzene rings is 2. The summed E-state index contributed by atoms with van der Waals surface area (Å²) >= 11 is 5.93. The molecule has 152 valence electrons. The molecule has 1 N–H and O–H groups in total. The van der Waals surface area contributed by atoms with Gasteiger partial charge in [-0.15, -0.1) is 0 Å². The van der Waals surface area contributed by atoms with E-state index in [4.69, 9.17) is 25.6 Å². The van der Waals surface area contributed by atoms with E-state index in [0.29, 0.717) is 46.0 Å². The van der Waals surface area contributed by atoms with Crippen molar-refractivity contribution >= 4 is 23.2 Å². The van der Waals surface area contributed by atoms with Crippen molar-refractivity contribution in [3.05, 3.63) is 53.4 Å². The van der Waals surface area contributed by atoms with Gasteiger partial charge in [0.2, 0.25) is 17.6 Å². The van der Waals surface area contributed by atoms with E-state index >= 15 is 0 Å². The van der Waals surface area contributed by atoms with Gasteiger partial charge in [0.15, 0.2) is 0 Å². The lowest BCUT2D eigenvalue weighted by Crippen LogP contribution is -2.29. The minimum atomic E-state index is -0.175. The summed E-state index contributed by atoms with van der Waals surface area (Å²) in [5.41, 5.74) is 1.33. The Bertz CT molecular complexity index is 992. The lowest BCUT2D eigenvalue weighted by Gasteiger charge is -2.14. The number of amides is 1. The number of nitrogens with one attached hydrogen (secondary N) is 1. The zero-order valence-corrected chi connectivity index (χ0v) is 17.1. The van der Waals surface area contributed by atoms with Crippen LogP contribution in [0.15, 0.2) is 47.0 Å². The van der Waals surface area contributed by atoms with Crippen LogP contribution in [0.25, 0.3) is 11.4 Å². The predicted octanol–water partition coefficient (Wildman–Crippen LogP) is 3.48. The highest BCUT2D eigenvalue weighted by Crippen LogP contribution is 2.31. The summed E-state index contributed by atoms with van der Waals surface area (Å²) < 4.78 is 15.9. The van der Waals surface area contributed by atoms with Gasteiger partial charge in [0.05, 0.1) is 32.9 Å². The second kappa shape index (κ2) is 9.40. The van der Waals surface area contributed by atoms with E-state index in [2.05, 4.69) is 15.5 Å². The number of hydrogen-bond acceptors (Lipinski definition) is 7. The van der Waals surface area contributed by atoms with Gasteiger partial charge in [-0.1, -0.05) is 22.8 Å². The molecule has 0 atom stereocenters. The highest BCUT2D eigenvalue weighted by Gasteiger charge is 2.16. The molecule has 0 radical (unpaired) electrons. The third-order valence-corrected chi connectivity index (χ3v) is 4.28. The fourth-order valence-electron chi connectivity index (χ4n) is 2.71. The Kier molecular flexibility index (Phi) is 6.69. The molecule has 0 aliphatic carbocycles. The molecule has 1 amide bonds. The molecular formula is C20H21ClN4O4. The molecule has 0 saturated carbocycles. The number of carbonyl (C=O) groups is 1. The fraction of sp³-hybridized carbons (Fsp3) is 0.250. The molecule has 0 unspecified atom stereocenters. The quantitative estimate of drug-likeness (QED) is 0.601. The van der Waals surface area contributed by atoms with E-state index in [1.54, 1.807) is 68.6 Å². The number of carbonyl (C=O) groups excluding carboxylic acids is 1. The molecule has 1 aromatic heterocycles. The zero-order valence-electron chi connectivity index (χ0n) is 16.3. The van der Waals surface area contributed by atoms with Crippen LogP contribution in [0.3, 0.4) is 0 Å². The van der Waals surface area contributed by atoms with Crippen LogP contribution in [0.2, 0.25) is 5.02 Å². The Balaban J connectivity index is 1.61. The minimum Gasteiger partial charge on any atom is -0.497 e. The van der Waals surface area contributed by atoms with Gasteiger partial charge in [0.1, 0.15) is 11.5 Å². The predicted molar refractivity (Wildman–Crippen MR) is 109 cm³/mol. The van der Waals surface area contributed by atoms with Gasteiger partial charge in [-0.05, 0) is 37.4 Å². The number of aromatic nitrogens is 2. The van der Waals surface area contributed by atoms with Crippen LogP contribution >= 0.6 is 11.6 Å². The first-order valence-corrected chi connectivity index (χ1v) is 9.15. The van der Waals surface area contributed by atoms with Crippen molar-refractivity contribution < 1.29 is 18.8 Å². The van der Waals surface area contributed by atoms with Gasteiger partial charge in [-0.2, -0.15) is 4.98 Å². The number of likely N-dealkylation sites (N-methyl/N-ethyl adjacent to an activating group) is 1. The molecule has 1 heterocycles. The largest absolute Gasteiger partial charge is 0.497 e. The monoisotopic (exact) mass is 416 g/mol. The molecule has 8 nitrogen and oxygen atoms in total. The van der Waals surface area contributed by atoms with Crippen molar-refractivity contribution in [2.24, 2.45) is 0 Å². The Morgan fingerprint density at radius 2 is 2.03 bits per heavy atom. The number of nitrogens with zero attached hydrogens (tertiary/aromatic N) is 3. The smallest absolute Gasteiger partial charge is 0.241 e. The Hall–Kier alpha value is -3.10. The SMILES string of the molecule is COc1ccc(-c2noc(CN(C)CC(=O)Nc3cccc(Cl)c3)n2)c(OC)c1. The summed E-state index contributed by atoms with van der Waals surface area (Å²) in [6.45, 7) is 0.463. The Morgan fingerprint density at radius 1 is 1.21 bits per heavy atom. The topological polar surface area (TPSA) is 89.7 Å². The lowest BCUT2D eigenvalue weighted by atomic mass is 10.2. The van der Waals surface area contributed by atoms with Crippen LogP contribution in [-0.4, -0.2) is 48.8 Å². The van der Waals surface area contributed by atoms with Crippen molar-refractivity contribution in [3.63, 3.8) is 0 Å². The molecule has 0 fully saturated rings. The van der Waals surface area contributed by atoms with Crippen molar-refractivity contribution in [2.75, 3.05) is 33.1 Å². The molecule has 9 heteroatoms. The van der Waals surface area contributed by atoms with E-state index in [0.717, 1.165) is 0 Å². The maximum absolute atomic E-state index is 12.2. The van der Waals surface area contributed by atoms with E-state index in [9.17, 15) is 4.79 Å². The standard InChI is InChI=1S/C20H21ClN4O4/c1-25(11-18(26)22-14-6-4-5-13(21)9-14)12-19-23-20(24-29-19)16-8-7-15(27-2)10-17(16)28-3/h4-10H,11-12H2,1-3H3,(H,22,26).